The summed E-state index contributed by atoms with van der Waals surface area (Å²) < 4.78 is 25.3. The van der Waals surface area contributed by atoms with Crippen LogP contribution in [0.5, 0.6) is 0 Å². The fraction of sp³-hybridized carbons (Fsp3) is 0.667. The molecule has 1 unspecified atom stereocenters. The van der Waals surface area contributed by atoms with Gasteiger partial charge in [0.05, 0.1) is 6.07 Å². The van der Waals surface area contributed by atoms with Crippen LogP contribution in [-0.4, -0.2) is 33.3 Å². The average molecular weight is 229 g/mol. The van der Waals surface area contributed by atoms with Gasteiger partial charge in [0.25, 0.3) is 0 Å². The maximum Gasteiger partial charge on any atom is 0.227 e. The van der Waals surface area contributed by atoms with E-state index in [4.69, 9.17) is 5.26 Å². The van der Waals surface area contributed by atoms with Crippen LogP contribution in [0.4, 0.5) is 0 Å². The number of hydrogen-bond acceptors (Lipinski definition) is 4. The van der Waals surface area contributed by atoms with Crippen LogP contribution in [0.2, 0.25) is 0 Å². The van der Waals surface area contributed by atoms with Crippen LogP contribution in [0.3, 0.4) is 0 Å². The van der Waals surface area contributed by atoms with Crippen LogP contribution >= 0.6 is 0 Å². The van der Waals surface area contributed by atoms with Gasteiger partial charge in [0, 0.05) is 13.1 Å². The molecule has 15 heavy (non-hydrogen) atoms. The summed E-state index contributed by atoms with van der Waals surface area (Å²) in [5.41, 5.74) is 1.07. The molecule has 1 aliphatic heterocycles. The second-order valence-corrected chi connectivity index (χ2v) is 5.54. The van der Waals surface area contributed by atoms with Crippen LogP contribution in [0, 0.1) is 11.3 Å². The molecule has 2 N–H and O–H groups in total. The SMILES string of the molecule is CC(C#N)S(=O)(=O)NCC1=CCNCC1. The van der Waals surface area contributed by atoms with Crippen LogP contribution in [-0.2, 0) is 10.0 Å². The number of sulfonamides is 1. The Morgan fingerprint density at radius 1 is 1.73 bits per heavy atom. The predicted molar refractivity (Wildman–Crippen MR) is 57.6 cm³/mol. The molecular formula is C9H15N3O2S. The first-order valence-electron chi connectivity index (χ1n) is 4.83. The molecule has 1 heterocycles. The van der Waals surface area contributed by atoms with Crippen molar-refractivity contribution in [3.8, 4) is 6.07 Å². The molecule has 0 aliphatic carbocycles. The Hall–Kier alpha value is -0.900. The summed E-state index contributed by atoms with van der Waals surface area (Å²) >= 11 is 0. The monoisotopic (exact) mass is 229 g/mol. The second-order valence-electron chi connectivity index (χ2n) is 3.45. The van der Waals surface area contributed by atoms with Crippen molar-refractivity contribution in [1.82, 2.24) is 10.0 Å². The van der Waals surface area contributed by atoms with Gasteiger partial charge < -0.3 is 5.32 Å². The lowest BCUT2D eigenvalue weighted by atomic mass is 10.1. The van der Waals surface area contributed by atoms with Crippen molar-refractivity contribution in [3.63, 3.8) is 0 Å². The third-order valence-electron chi connectivity index (χ3n) is 2.31. The highest BCUT2D eigenvalue weighted by Gasteiger charge is 2.19. The molecular weight excluding hydrogens is 214 g/mol. The summed E-state index contributed by atoms with van der Waals surface area (Å²) in [5, 5.41) is 10.7. The zero-order valence-electron chi connectivity index (χ0n) is 8.66. The molecule has 1 aliphatic rings. The number of nitrogens with one attached hydrogen (secondary N) is 2. The summed E-state index contributed by atoms with van der Waals surface area (Å²) in [6.45, 7) is 3.35. The van der Waals surface area contributed by atoms with E-state index in [-0.39, 0.29) is 0 Å². The van der Waals surface area contributed by atoms with E-state index in [1.807, 2.05) is 6.08 Å². The van der Waals surface area contributed by atoms with Gasteiger partial charge in [-0.1, -0.05) is 11.6 Å². The van der Waals surface area contributed by atoms with Crippen LogP contribution in [0.15, 0.2) is 11.6 Å². The van der Waals surface area contributed by atoms with Crippen LogP contribution in [0.1, 0.15) is 13.3 Å². The lowest BCUT2D eigenvalue weighted by Gasteiger charge is -2.15. The minimum absolute atomic E-state index is 0.316. The Morgan fingerprint density at radius 2 is 2.47 bits per heavy atom. The largest absolute Gasteiger partial charge is 0.313 e. The van der Waals surface area contributed by atoms with E-state index >= 15 is 0 Å². The quantitative estimate of drug-likeness (QED) is 0.651. The van der Waals surface area contributed by atoms with Crippen molar-refractivity contribution >= 4 is 10.0 Å². The number of nitriles is 1. The molecule has 0 saturated carbocycles. The zero-order chi connectivity index (χ0) is 11.3. The molecule has 0 bridgehead atoms. The van der Waals surface area contributed by atoms with E-state index in [9.17, 15) is 8.42 Å². The summed E-state index contributed by atoms with van der Waals surface area (Å²) in [7, 11) is -3.48. The van der Waals surface area contributed by atoms with Crippen LogP contribution in [0.25, 0.3) is 0 Å². The van der Waals surface area contributed by atoms with E-state index in [1.54, 1.807) is 6.07 Å². The molecule has 5 nitrogen and oxygen atoms in total. The van der Waals surface area contributed by atoms with Crippen molar-refractivity contribution in [1.29, 1.82) is 5.26 Å². The topological polar surface area (TPSA) is 82.0 Å². The van der Waals surface area contributed by atoms with E-state index in [2.05, 4.69) is 10.0 Å². The van der Waals surface area contributed by atoms with Gasteiger partial charge in [-0.2, -0.15) is 5.26 Å². The minimum Gasteiger partial charge on any atom is -0.313 e. The molecule has 6 heteroatoms. The molecule has 0 aromatic rings. The fourth-order valence-electron chi connectivity index (χ4n) is 1.22. The normalized spacial score (nSPS) is 19.1. The highest BCUT2D eigenvalue weighted by molar-refractivity contribution is 7.90. The smallest absolute Gasteiger partial charge is 0.227 e. The first kappa shape index (κ1) is 12.2. The van der Waals surface area contributed by atoms with Gasteiger partial charge in [0.1, 0.15) is 0 Å². The van der Waals surface area contributed by atoms with Crippen molar-refractivity contribution < 1.29 is 8.42 Å². The minimum atomic E-state index is -3.48. The lowest BCUT2D eigenvalue weighted by Crippen LogP contribution is -2.34. The van der Waals surface area contributed by atoms with E-state index < -0.39 is 15.3 Å². The van der Waals surface area contributed by atoms with Gasteiger partial charge in [-0.15, -0.1) is 0 Å². The molecule has 0 spiro atoms. The lowest BCUT2D eigenvalue weighted by molar-refractivity contribution is 0.578. The van der Waals surface area contributed by atoms with E-state index in [1.165, 1.54) is 6.92 Å². The Morgan fingerprint density at radius 3 is 3.00 bits per heavy atom. The van der Waals surface area contributed by atoms with Gasteiger partial charge in [0.2, 0.25) is 10.0 Å². The molecule has 0 fully saturated rings. The van der Waals surface area contributed by atoms with Gasteiger partial charge in [-0.25, -0.2) is 13.1 Å². The van der Waals surface area contributed by atoms with Crippen molar-refractivity contribution in [2.75, 3.05) is 19.6 Å². The van der Waals surface area contributed by atoms with Gasteiger partial charge in [-0.05, 0) is 19.9 Å². The van der Waals surface area contributed by atoms with Crippen molar-refractivity contribution in [2.24, 2.45) is 0 Å². The molecule has 0 amide bonds. The Balaban J connectivity index is 2.50. The van der Waals surface area contributed by atoms with Crippen molar-refractivity contribution in [3.05, 3.63) is 11.6 Å². The average Bonchev–Trinajstić information content (AvgIpc) is 2.27. The summed E-state index contributed by atoms with van der Waals surface area (Å²) in [5.74, 6) is 0. The third kappa shape index (κ3) is 3.63. The Bertz CT molecular complexity index is 381. The maximum absolute atomic E-state index is 11.4. The standard InChI is InChI=1S/C9H15N3O2S/c1-8(6-10)15(13,14)12-7-9-2-4-11-5-3-9/h2,8,11-12H,3-5,7H2,1H3. The molecule has 1 atom stereocenters. The van der Waals surface area contributed by atoms with Crippen molar-refractivity contribution in [2.45, 2.75) is 18.6 Å². The number of rotatable bonds is 4. The summed E-state index contributed by atoms with van der Waals surface area (Å²) in [6.07, 6.45) is 2.83. The van der Waals surface area contributed by atoms with Crippen LogP contribution < -0.4 is 10.0 Å². The Kier molecular flexibility index (Phi) is 4.27. The number of nitrogens with zero attached hydrogens (tertiary/aromatic N) is 1. The molecule has 0 aromatic carbocycles. The van der Waals surface area contributed by atoms with E-state index in [0.717, 1.165) is 25.1 Å². The third-order valence-corrected chi connectivity index (χ3v) is 3.89. The zero-order valence-corrected chi connectivity index (χ0v) is 9.47. The summed E-state index contributed by atoms with van der Waals surface area (Å²) in [6, 6.07) is 1.71. The second kappa shape index (κ2) is 5.26. The molecule has 1 rings (SSSR count). The maximum atomic E-state index is 11.4. The molecule has 84 valence electrons. The van der Waals surface area contributed by atoms with Gasteiger partial charge >= 0.3 is 0 Å². The highest BCUT2D eigenvalue weighted by atomic mass is 32.2. The Labute approximate surface area is 90.2 Å². The van der Waals surface area contributed by atoms with Gasteiger partial charge in [-0.3, -0.25) is 0 Å². The molecule has 0 saturated heterocycles. The fourth-order valence-corrected chi connectivity index (χ4v) is 1.99. The first-order chi connectivity index (χ1) is 7.06. The molecule has 0 aromatic heterocycles. The number of hydrogen-bond donors (Lipinski definition) is 2. The molecule has 0 radical (unpaired) electrons. The first-order valence-corrected chi connectivity index (χ1v) is 6.37. The predicted octanol–water partition coefficient (Wildman–Crippen LogP) is -0.262. The van der Waals surface area contributed by atoms with E-state index in [0.29, 0.717) is 6.54 Å². The van der Waals surface area contributed by atoms with Gasteiger partial charge in [0.15, 0.2) is 5.25 Å². The highest BCUT2D eigenvalue weighted by Crippen LogP contribution is 2.04. The summed E-state index contributed by atoms with van der Waals surface area (Å²) in [4.78, 5) is 0.